The number of benzene rings is 4. The van der Waals surface area contributed by atoms with Crippen molar-refractivity contribution < 1.29 is 4.52 Å². The Labute approximate surface area is 202 Å². The predicted octanol–water partition coefficient (Wildman–Crippen LogP) is 8.77. The quantitative estimate of drug-likeness (QED) is 0.238. The SMILES string of the molecule is CCn1c2ccccc2c2cc([P@@](=Nc3ccccc3)(Oc3ccccc3)C(C)(C)C)ccc21. The van der Waals surface area contributed by atoms with Crippen LogP contribution in [0.25, 0.3) is 21.8 Å². The van der Waals surface area contributed by atoms with Gasteiger partial charge < -0.3 is 9.09 Å². The Bertz CT molecular complexity index is 1500. The van der Waals surface area contributed by atoms with Gasteiger partial charge in [-0.3, -0.25) is 0 Å². The van der Waals surface area contributed by atoms with Gasteiger partial charge in [-0.1, -0.05) is 75.4 Å². The van der Waals surface area contributed by atoms with Crippen molar-refractivity contribution in [2.75, 3.05) is 0 Å². The molecule has 0 N–H and O–H groups in total. The maximum absolute atomic E-state index is 6.99. The molecule has 0 saturated carbocycles. The summed E-state index contributed by atoms with van der Waals surface area (Å²) in [6.45, 7) is 9.87. The molecule has 0 amide bonds. The number of aromatic nitrogens is 1. The molecule has 5 aromatic rings. The van der Waals surface area contributed by atoms with Crippen LogP contribution >= 0.6 is 7.28 Å². The summed E-state index contributed by atoms with van der Waals surface area (Å²) in [6.07, 6.45) is 0. The van der Waals surface area contributed by atoms with Crippen LogP contribution in [-0.4, -0.2) is 9.72 Å². The molecule has 4 aromatic carbocycles. The standard InChI is InChI=1S/C30H31N2OP/c1-5-32-28-19-13-12-18-26(28)27-22-25(20-21-29(27)32)34(30(2,3)4,31-23-14-8-6-9-15-23)33-24-16-10-7-11-17-24/h6-22H,5H2,1-4H3/t34-/m1/s1. The van der Waals surface area contributed by atoms with E-state index in [0.717, 1.165) is 23.3 Å². The van der Waals surface area contributed by atoms with E-state index in [2.05, 4.69) is 86.9 Å². The minimum absolute atomic E-state index is 0.227. The van der Waals surface area contributed by atoms with Crippen LogP contribution in [0, 0.1) is 0 Å². The predicted molar refractivity (Wildman–Crippen MR) is 147 cm³/mol. The van der Waals surface area contributed by atoms with Crippen molar-refractivity contribution in [1.82, 2.24) is 4.57 Å². The summed E-state index contributed by atoms with van der Waals surface area (Å²) < 4.78 is 14.8. The zero-order chi connectivity index (χ0) is 23.8. The minimum Gasteiger partial charge on any atom is -0.455 e. The summed E-state index contributed by atoms with van der Waals surface area (Å²) in [6, 6.07) is 35.8. The molecule has 0 spiro atoms. The van der Waals surface area contributed by atoms with Crippen molar-refractivity contribution >= 4 is 40.1 Å². The molecular formula is C30H31N2OP. The zero-order valence-electron chi connectivity index (χ0n) is 20.3. The third kappa shape index (κ3) is 3.85. The van der Waals surface area contributed by atoms with Gasteiger partial charge in [-0.25, -0.2) is 4.74 Å². The summed E-state index contributed by atoms with van der Waals surface area (Å²) in [5.41, 5.74) is 3.46. The lowest BCUT2D eigenvalue weighted by atomic mass is 10.1. The summed E-state index contributed by atoms with van der Waals surface area (Å²) in [4.78, 5) is 0. The van der Waals surface area contributed by atoms with E-state index in [9.17, 15) is 0 Å². The van der Waals surface area contributed by atoms with Gasteiger partial charge in [0.05, 0.1) is 5.69 Å². The normalized spacial score (nSPS) is 13.6. The topological polar surface area (TPSA) is 26.5 Å². The van der Waals surface area contributed by atoms with E-state index in [0.29, 0.717) is 0 Å². The number of nitrogens with zero attached hydrogens (tertiary/aromatic N) is 2. The first-order chi connectivity index (χ1) is 16.4. The van der Waals surface area contributed by atoms with Gasteiger partial charge >= 0.3 is 0 Å². The van der Waals surface area contributed by atoms with Crippen molar-refractivity contribution in [2.45, 2.75) is 39.4 Å². The van der Waals surface area contributed by atoms with Gasteiger partial charge in [0.2, 0.25) is 0 Å². The van der Waals surface area contributed by atoms with Crippen LogP contribution < -0.4 is 9.83 Å². The van der Waals surface area contributed by atoms with Gasteiger partial charge in [-0.2, -0.15) is 0 Å². The molecule has 4 heteroatoms. The highest BCUT2D eigenvalue weighted by Crippen LogP contribution is 2.62. The van der Waals surface area contributed by atoms with Gasteiger partial charge in [-0.05, 0) is 55.5 Å². The molecule has 0 radical (unpaired) electrons. The zero-order valence-corrected chi connectivity index (χ0v) is 21.2. The van der Waals surface area contributed by atoms with E-state index in [-0.39, 0.29) is 5.16 Å². The Morgan fingerprint density at radius 3 is 2.03 bits per heavy atom. The maximum atomic E-state index is 6.99. The Kier molecular flexibility index (Phi) is 5.83. The van der Waals surface area contributed by atoms with Gasteiger partial charge in [-0.15, -0.1) is 0 Å². The van der Waals surface area contributed by atoms with Gasteiger partial charge in [0.15, 0.2) is 7.28 Å². The molecule has 0 saturated heterocycles. The lowest BCUT2D eigenvalue weighted by Crippen LogP contribution is -2.27. The second-order valence-corrected chi connectivity index (χ2v) is 12.9. The minimum atomic E-state index is -2.54. The van der Waals surface area contributed by atoms with E-state index in [4.69, 9.17) is 9.27 Å². The molecule has 3 nitrogen and oxygen atoms in total. The molecule has 1 atom stereocenters. The highest BCUT2D eigenvalue weighted by Gasteiger charge is 2.39. The Morgan fingerprint density at radius 2 is 1.35 bits per heavy atom. The van der Waals surface area contributed by atoms with Crippen LogP contribution in [0.4, 0.5) is 5.69 Å². The van der Waals surface area contributed by atoms with E-state index in [1.54, 1.807) is 0 Å². The van der Waals surface area contributed by atoms with E-state index in [1.165, 1.54) is 21.8 Å². The Hall–Kier alpha value is -3.29. The Morgan fingerprint density at radius 1 is 0.735 bits per heavy atom. The summed E-state index contributed by atoms with van der Waals surface area (Å²) in [7, 11) is -2.54. The third-order valence-corrected chi connectivity index (χ3v) is 10.1. The monoisotopic (exact) mass is 466 g/mol. The second-order valence-electron chi connectivity index (χ2n) is 9.55. The average Bonchev–Trinajstić information content (AvgIpc) is 3.17. The molecule has 0 aliphatic carbocycles. The lowest BCUT2D eigenvalue weighted by molar-refractivity contribution is 0.571. The van der Waals surface area contributed by atoms with Crippen LogP contribution in [0.1, 0.15) is 27.7 Å². The largest absolute Gasteiger partial charge is 0.455 e. The summed E-state index contributed by atoms with van der Waals surface area (Å²) in [5.74, 6) is 0.849. The average molecular weight is 467 g/mol. The molecule has 5 rings (SSSR count). The summed E-state index contributed by atoms with van der Waals surface area (Å²) >= 11 is 0. The first-order valence-corrected chi connectivity index (χ1v) is 13.5. The number of para-hydroxylation sites is 2. The number of rotatable bonds is 5. The molecule has 0 unspecified atom stereocenters. The van der Waals surface area contributed by atoms with Crippen molar-refractivity contribution in [3.63, 3.8) is 0 Å². The lowest BCUT2D eigenvalue weighted by Gasteiger charge is -2.37. The molecule has 1 aromatic heterocycles. The van der Waals surface area contributed by atoms with Crippen LogP contribution in [0.5, 0.6) is 5.75 Å². The van der Waals surface area contributed by atoms with Crippen molar-refractivity contribution in [3.8, 4) is 5.75 Å². The van der Waals surface area contributed by atoms with Crippen molar-refractivity contribution in [3.05, 3.63) is 103 Å². The van der Waals surface area contributed by atoms with Crippen molar-refractivity contribution in [1.29, 1.82) is 0 Å². The highest BCUT2D eigenvalue weighted by molar-refractivity contribution is 7.71. The molecule has 0 aliphatic heterocycles. The van der Waals surface area contributed by atoms with Crippen LogP contribution in [0.15, 0.2) is 108 Å². The fraction of sp³-hybridized carbons (Fsp3) is 0.200. The second kappa shape index (κ2) is 8.81. The fourth-order valence-electron chi connectivity index (χ4n) is 4.67. The molecule has 172 valence electrons. The van der Waals surface area contributed by atoms with Crippen molar-refractivity contribution in [2.24, 2.45) is 4.74 Å². The first kappa shape index (κ1) is 22.5. The molecule has 1 heterocycles. The van der Waals surface area contributed by atoms with Gasteiger partial charge in [0.25, 0.3) is 0 Å². The van der Waals surface area contributed by atoms with Crippen LogP contribution in [-0.2, 0) is 6.54 Å². The molecular weight excluding hydrogens is 435 g/mol. The molecule has 34 heavy (non-hydrogen) atoms. The third-order valence-electron chi connectivity index (χ3n) is 6.32. The van der Waals surface area contributed by atoms with E-state index < -0.39 is 7.28 Å². The van der Waals surface area contributed by atoms with E-state index >= 15 is 0 Å². The number of fused-ring (bicyclic) bond motifs is 3. The molecule has 0 fully saturated rings. The smallest absolute Gasteiger partial charge is 0.173 e. The number of hydrogen-bond donors (Lipinski definition) is 0. The number of hydrogen-bond acceptors (Lipinski definition) is 2. The van der Waals surface area contributed by atoms with Crippen LogP contribution in [0.3, 0.4) is 0 Å². The Balaban J connectivity index is 1.84. The fourth-order valence-corrected chi connectivity index (χ4v) is 7.74. The van der Waals surface area contributed by atoms with Crippen LogP contribution in [0.2, 0.25) is 0 Å². The first-order valence-electron chi connectivity index (χ1n) is 11.9. The number of aryl methyl sites for hydroxylation is 1. The molecule has 0 bridgehead atoms. The summed E-state index contributed by atoms with van der Waals surface area (Å²) in [5, 5.41) is 3.45. The highest BCUT2D eigenvalue weighted by atomic mass is 31.2. The van der Waals surface area contributed by atoms with E-state index in [1.807, 2.05) is 48.5 Å². The maximum Gasteiger partial charge on any atom is 0.173 e. The van der Waals surface area contributed by atoms with Gasteiger partial charge in [0.1, 0.15) is 5.75 Å². The molecule has 0 aliphatic rings. The van der Waals surface area contributed by atoms with Gasteiger partial charge in [0, 0.05) is 38.8 Å².